The number of anilines is 1. The van der Waals surface area contributed by atoms with Crippen LogP contribution in [0.5, 0.6) is 0 Å². The van der Waals surface area contributed by atoms with E-state index in [9.17, 15) is 18.0 Å². The highest BCUT2D eigenvalue weighted by atomic mass is 19.4. The second-order valence-electron chi connectivity index (χ2n) is 9.64. The Morgan fingerprint density at radius 2 is 1.81 bits per heavy atom. The van der Waals surface area contributed by atoms with Crippen molar-refractivity contribution < 1.29 is 17.9 Å². The molecule has 1 aliphatic carbocycles. The zero-order valence-electron chi connectivity index (χ0n) is 20.8. The number of alkyl halides is 3. The molecule has 1 aliphatic heterocycles. The fourth-order valence-electron chi connectivity index (χ4n) is 5.09. The molecule has 1 N–H and O–H groups in total. The first-order valence-electron chi connectivity index (χ1n) is 12.4. The van der Waals surface area contributed by atoms with Crippen molar-refractivity contribution in [2.75, 3.05) is 18.4 Å². The predicted molar refractivity (Wildman–Crippen MR) is 138 cm³/mol. The molecule has 0 bridgehead atoms. The monoisotopic (exact) mass is 510 g/mol. The molecule has 2 unspecified atom stereocenters. The number of morpholine rings is 1. The number of fused-ring (bicyclic) bond motifs is 1. The summed E-state index contributed by atoms with van der Waals surface area (Å²) in [5.74, 6) is 0.355. The summed E-state index contributed by atoms with van der Waals surface area (Å²) in [6, 6.07) is 11.2. The number of benzene rings is 1. The van der Waals surface area contributed by atoms with Gasteiger partial charge in [-0.3, -0.25) is 14.3 Å². The molecule has 6 nitrogen and oxygen atoms in total. The van der Waals surface area contributed by atoms with Crippen LogP contribution in [0.1, 0.15) is 37.9 Å². The van der Waals surface area contributed by atoms with Gasteiger partial charge in [-0.1, -0.05) is 30.4 Å². The zero-order chi connectivity index (χ0) is 26.2. The highest BCUT2D eigenvalue weighted by Gasteiger charge is 2.36. The number of hydrogen-bond acceptors (Lipinski definition) is 5. The van der Waals surface area contributed by atoms with E-state index in [1.807, 2.05) is 43.0 Å². The minimum atomic E-state index is -4.72. The third kappa shape index (κ3) is 5.47. The Morgan fingerprint density at radius 3 is 2.46 bits per heavy atom. The van der Waals surface area contributed by atoms with Crippen molar-refractivity contribution in [1.82, 2.24) is 14.5 Å². The lowest BCUT2D eigenvalue weighted by molar-refractivity contribution is -0.136. The number of para-hydroxylation sites is 1. The second-order valence-corrected chi connectivity index (χ2v) is 9.64. The first-order valence-corrected chi connectivity index (χ1v) is 12.4. The number of aromatic nitrogens is 2. The van der Waals surface area contributed by atoms with Gasteiger partial charge < -0.3 is 10.1 Å². The molecule has 2 aromatic heterocycles. The van der Waals surface area contributed by atoms with Crippen LogP contribution in [0.4, 0.5) is 19.0 Å². The number of ether oxygens (including phenoxy) is 1. The van der Waals surface area contributed by atoms with E-state index in [0.717, 1.165) is 24.6 Å². The summed E-state index contributed by atoms with van der Waals surface area (Å²) in [5, 5.41) is 2.80. The SMILES string of the molecule is CC1CN(Cc2cc(C(F)(F)F)c3c(=O)cc(NC4=CCCC=C4)n(-c4ccccc4)c3n2)CC(C)O1. The molecule has 37 heavy (non-hydrogen) atoms. The van der Waals surface area contributed by atoms with Crippen LogP contribution in [0, 0.1) is 0 Å². The third-order valence-corrected chi connectivity index (χ3v) is 6.49. The second kappa shape index (κ2) is 10.1. The van der Waals surface area contributed by atoms with Crippen LogP contribution in [0.2, 0.25) is 0 Å². The summed E-state index contributed by atoms with van der Waals surface area (Å²) < 4.78 is 50.4. The molecule has 194 valence electrons. The van der Waals surface area contributed by atoms with Gasteiger partial charge >= 0.3 is 6.18 Å². The van der Waals surface area contributed by atoms with Gasteiger partial charge in [-0.2, -0.15) is 13.2 Å². The normalized spacial score (nSPS) is 20.7. The molecule has 1 fully saturated rings. The number of nitrogens with zero attached hydrogens (tertiary/aromatic N) is 3. The first-order chi connectivity index (χ1) is 17.7. The van der Waals surface area contributed by atoms with Gasteiger partial charge in [-0.25, -0.2) is 4.98 Å². The average molecular weight is 511 g/mol. The molecule has 3 heterocycles. The molecule has 2 atom stereocenters. The Balaban J connectivity index is 1.73. The summed E-state index contributed by atoms with van der Waals surface area (Å²) in [6.45, 7) is 5.26. The van der Waals surface area contributed by atoms with Crippen molar-refractivity contribution in [2.45, 2.75) is 51.6 Å². The minimum absolute atomic E-state index is 0.0271. The Kier molecular flexibility index (Phi) is 6.92. The Bertz CT molecular complexity index is 1400. The predicted octanol–water partition coefficient (Wildman–Crippen LogP) is 5.66. The van der Waals surface area contributed by atoms with Gasteiger partial charge in [0.25, 0.3) is 0 Å². The highest BCUT2D eigenvalue weighted by molar-refractivity contribution is 5.84. The fourth-order valence-corrected chi connectivity index (χ4v) is 5.09. The Hall–Kier alpha value is -3.43. The van der Waals surface area contributed by atoms with Gasteiger partial charge in [-0.05, 0) is 51.0 Å². The van der Waals surface area contributed by atoms with Gasteiger partial charge in [0.2, 0.25) is 0 Å². The summed E-state index contributed by atoms with van der Waals surface area (Å²) >= 11 is 0. The van der Waals surface area contributed by atoms with E-state index in [2.05, 4.69) is 10.3 Å². The lowest BCUT2D eigenvalue weighted by Gasteiger charge is -2.35. The summed E-state index contributed by atoms with van der Waals surface area (Å²) in [6.07, 6.45) is 2.85. The maximum absolute atomic E-state index is 14.3. The van der Waals surface area contributed by atoms with E-state index >= 15 is 0 Å². The molecular formula is C28H29F3N4O2. The van der Waals surface area contributed by atoms with Gasteiger partial charge in [0.1, 0.15) is 5.82 Å². The smallest absolute Gasteiger partial charge is 0.373 e. The molecule has 1 saturated heterocycles. The van der Waals surface area contributed by atoms with E-state index in [1.165, 1.54) is 6.07 Å². The number of rotatable bonds is 5. The summed E-state index contributed by atoms with van der Waals surface area (Å²) in [7, 11) is 0. The van der Waals surface area contributed by atoms with Gasteiger partial charge in [0, 0.05) is 37.1 Å². The lowest BCUT2D eigenvalue weighted by Crippen LogP contribution is -2.45. The van der Waals surface area contributed by atoms with E-state index in [0.29, 0.717) is 24.6 Å². The van der Waals surface area contributed by atoms with Crippen molar-refractivity contribution >= 4 is 16.9 Å². The maximum atomic E-state index is 14.3. The van der Waals surface area contributed by atoms with Crippen LogP contribution < -0.4 is 10.7 Å². The summed E-state index contributed by atoms with van der Waals surface area (Å²) in [5.41, 5.74) is -0.107. The zero-order valence-corrected chi connectivity index (χ0v) is 20.8. The molecule has 0 radical (unpaired) electrons. The number of halogens is 3. The third-order valence-electron chi connectivity index (χ3n) is 6.49. The first kappa shape index (κ1) is 25.2. The van der Waals surface area contributed by atoms with Crippen molar-refractivity contribution in [3.63, 3.8) is 0 Å². The molecule has 1 aromatic carbocycles. The number of nitrogens with one attached hydrogen (secondary N) is 1. The maximum Gasteiger partial charge on any atom is 0.417 e. The fraction of sp³-hybridized carbons (Fsp3) is 0.357. The highest BCUT2D eigenvalue weighted by Crippen LogP contribution is 2.35. The standard InChI is InChI=1S/C28H29F3N4O2/c1-18-15-34(16-19(2)37-18)17-21-13-23(28(29,30)31)26-24(36)14-25(32-20-9-5-3-6-10-20)35(27(26)33-21)22-11-7-4-8-12-22/h4-5,7-14,18-19,32H,3,6,15-17H2,1-2H3. The van der Waals surface area contributed by atoms with Crippen molar-refractivity contribution in [2.24, 2.45) is 0 Å². The van der Waals surface area contributed by atoms with E-state index in [-0.39, 0.29) is 30.1 Å². The lowest BCUT2D eigenvalue weighted by atomic mass is 10.1. The quantitative estimate of drug-likeness (QED) is 0.480. The van der Waals surface area contributed by atoms with Crippen LogP contribution in [0.3, 0.4) is 0 Å². The molecule has 0 saturated carbocycles. The largest absolute Gasteiger partial charge is 0.417 e. The van der Waals surface area contributed by atoms with E-state index < -0.39 is 22.6 Å². The molecule has 5 rings (SSSR count). The Morgan fingerprint density at radius 1 is 1.08 bits per heavy atom. The molecular weight excluding hydrogens is 481 g/mol. The van der Waals surface area contributed by atoms with Gasteiger partial charge in [0.05, 0.1) is 28.9 Å². The van der Waals surface area contributed by atoms with Crippen molar-refractivity contribution in [1.29, 1.82) is 0 Å². The van der Waals surface area contributed by atoms with Gasteiger partial charge in [-0.15, -0.1) is 0 Å². The van der Waals surface area contributed by atoms with Gasteiger partial charge in [0.15, 0.2) is 11.1 Å². The van der Waals surface area contributed by atoms with Crippen LogP contribution in [-0.2, 0) is 17.5 Å². The average Bonchev–Trinajstić information content (AvgIpc) is 2.83. The molecule has 0 spiro atoms. The topological polar surface area (TPSA) is 59.4 Å². The number of hydrogen-bond donors (Lipinski definition) is 1. The van der Waals surface area contributed by atoms with Crippen LogP contribution >= 0.6 is 0 Å². The molecule has 3 aromatic rings. The molecule has 9 heteroatoms. The van der Waals surface area contributed by atoms with Crippen molar-refractivity contribution in [3.8, 4) is 5.69 Å². The minimum Gasteiger partial charge on any atom is -0.373 e. The van der Waals surface area contributed by atoms with Crippen molar-refractivity contribution in [3.05, 3.63) is 87.9 Å². The van der Waals surface area contributed by atoms with E-state index in [1.54, 1.807) is 28.8 Å². The van der Waals surface area contributed by atoms with Crippen LogP contribution in [0.15, 0.2) is 71.2 Å². The van der Waals surface area contributed by atoms with Crippen LogP contribution in [-0.4, -0.2) is 39.7 Å². The number of allylic oxidation sites excluding steroid dienone is 3. The molecule has 2 aliphatic rings. The van der Waals surface area contributed by atoms with E-state index in [4.69, 9.17) is 4.74 Å². The number of pyridine rings is 2. The summed E-state index contributed by atoms with van der Waals surface area (Å²) in [4.78, 5) is 19.9. The Labute approximate surface area is 213 Å². The van der Waals surface area contributed by atoms with Crippen LogP contribution in [0.25, 0.3) is 16.7 Å². The molecule has 0 amide bonds.